The molecule has 3 heteroatoms. The quantitative estimate of drug-likeness (QED) is 0.879. The maximum atomic E-state index is 14.1. The Kier molecular flexibility index (Phi) is 5.34. The van der Waals surface area contributed by atoms with Crippen LogP contribution in [0, 0.1) is 5.92 Å². The van der Waals surface area contributed by atoms with Crippen LogP contribution in [-0.4, -0.2) is 36.7 Å². The van der Waals surface area contributed by atoms with Crippen LogP contribution in [0.3, 0.4) is 0 Å². The van der Waals surface area contributed by atoms with Crippen molar-refractivity contribution < 1.29 is 4.39 Å². The van der Waals surface area contributed by atoms with Crippen molar-refractivity contribution in [1.29, 1.82) is 0 Å². The summed E-state index contributed by atoms with van der Waals surface area (Å²) in [7, 11) is 0. The van der Waals surface area contributed by atoms with Gasteiger partial charge < -0.3 is 5.32 Å². The van der Waals surface area contributed by atoms with Gasteiger partial charge in [-0.05, 0) is 24.4 Å². The van der Waals surface area contributed by atoms with Gasteiger partial charge in [0.15, 0.2) is 0 Å². The van der Waals surface area contributed by atoms with E-state index in [0.717, 1.165) is 26.1 Å². The monoisotopic (exact) mass is 263 g/mol. The van der Waals surface area contributed by atoms with Crippen molar-refractivity contribution in [3.05, 3.63) is 41.8 Å². The lowest BCUT2D eigenvalue weighted by Gasteiger charge is -2.35. The summed E-state index contributed by atoms with van der Waals surface area (Å²) in [5.41, 5.74) is 1.22. The SMILES string of the molecule is C[C](C)CN1CCC(NCc2ccccc2)C(F)C1. The molecule has 2 nitrogen and oxygen atoms in total. The maximum Gasteiger partial charge on any atom is 0.128 e. The largest absolute Gasteiger partial charge is 0.307 e. The molecule has 1 N–H and O–H groups in total. The molecule has 0 spiro atoms. The fourth-order valence-electron chi connectivity index (χ4n) is 2.63. The van der Waals surface area contributed by atoms with Gasteiger partial charge in [0.1, 0.15) is 6.17 Å². The Bertz CT molecular complexity index is 366. The molecule has 1 heterocycles. The van der Waals surface area contributed by atoms with Crippen LogP contribution in [-0.2, 0) is 6.54 Å². The Morgan fingerprint density at radius 1 is 1.32 bits per heavy atom. The minimum Gasteiger partial charge on any atom is -0.307 e. The van der Waals surface area contributed by atoms with E-state index in [1.807, 2.05) is 18.2 Å². The van der Waals surface area contributed by atoms with Crippen molar-refractivity contribution in [2.45, 2.75) is 39.0 Å². The van der Waals surface area contributed by atoms with Crippen LogP contribution in [0.2, 0.25) is 0 Å². The van der Waals surface area contributed by atoms with E-state index < -0.39 is 6.17 Å². The topological polar surface area (TPSA) is 15.3 Å². The van der Waals surface area contributed by atoms with Gasteiger partial charge in [0, 0.05) is 25.7 Å². The number of likely N-dealkylation sites (tertiary alicyclic amines) is 1. The fraction of sp³-hybridized carbons (Fsp3) is 0.562. The van der Waals surface area contributed by atoms with E-state index in [-0.39, 0.29) is 6.04 Å². The van der Waals surface area contributed by atoms with Crippen LogP contribution in [0.1, 0.15) is 25.8 Å². The summed E-state index contributed by atoms with van der Waals surface area (Å²) in [5, 5.41) is 3.35. The van der Waals surface area contributed by atoms with Crippen LogP contribution in [0.25, 0.3) is 0 Å². The van der Waals surface area contributed by atoms with E-state index in [4.69, 9.17) is 0 Å². The molecular weight excluding hydrogens is 239 g/mol. The summed E-state index contributed by atoms with van der Waals surface area (Å²) in [5.74, 6) is 1.35. The predicted octanol–water partition coefficient (Wildman–Crippen LogP) is 2.80. The van der Waals surface area contributed by atoms with E-state index in [0.29, 0.717) is 6.54 Å². The first kappa shape index (κ1) is 14.5. The van der Waals surface area contributed by atoms with Gasteiger partial charge in [0.25, 0.3) is 0 Å². The molecule has 105 valence electrons. The predicted molar refractivity (Wildman–Crippen MR) is 77.6 cm³/mol. The van der Waals surface area contributed by atoms with Gasteiger partial charge in [-0.15, -0.1) is 0 Å². The normalized spacial score (nSPS) is 24.8. The molecule has 1 aromatic rings. The molecule has 1 aromatic carbocycles. The van der Waals surface area contributed by atoms with Crippen molar-refractivity contribution in [2.75, 3.05) is 19.6 Å². The average Bonchev–Trinajstić information content (AvgIpc) is 2.38. The van der Waals surface area contributed by atoms with Crippen molar-refractivity contribution >= 4 is 0 Å². The van der Waals surface area contributed by atoms with E-state index in [9.17, 15) is 4.39 Å². The molecule has 2 unspecified atom stereocenters. The van der Waals surface area contributed by atoms with Gasteiger partial charge in [-0.1, -0.05) is 44.2 Å². The number of halogens is 1. The second kappa shape index (κ2) is 7.01. The molecule has 0 bridgehead atoms. The van der Waals surface area contributed by atoms with Gasteiger partial charge in [-0.2, -0.15) is 0 Å². The van der Waals surface area contributed by atoms with Gasteiger partial charge in [-0.3, -0.25) is 4.90 Å². The molecule has 2 atom stereocenters. The molecule has 0 saturated carbocycles. The zero-order valence-electron chi connectivity index (χ0n) is 11.9. The third kappa shape index (κ3) is 4.59. The second-order valence-corrected chi connectivity index (χ2v) is 5.72. The van der Waals surface area contributed by atoms with Crippen molar-refractivity contribution in [2.24, 2.45) is 0 Å². The van der Waals surface area contributed by atoms with Crippen molar-refractivity contribution in [1.82, 2.24) is 10.2 Å². The molecule has 0 aromatic heterocycles. The Morgan fingerprint density at radius 2 is 2.05 bits per heavy atom. The highest BCUT2D eigenvalue weighted by atomic mass is 19.1. The molecule has 0 aliphatic carbocycles. The molecule has 1 saturated heterocycles. The number of piperidine rings is 1. The summed E-state index contributed by atoms with van der Waals surface area (Å²) in [6.45, 7) is 7.42. The number of nitrogens with one attached hydrogen (secondary N) is 1. The lowest BCUT2D eigenvalue weighted by molar-refractivity contribution is 0.106. The first-order valence-corrected chi connectivity index (χ1v) is 7.08. The van der Waals surface area contributed by atoms with Gasteiger partial charge in [0.2, 0.25) is 0 Å². The minimum absolute atomic E-state index is 0.00591. The van der Waals surface area contributed by atoms with Crippen LogP contribution < -0.4 is 5.32 Å². The van der Waals surface area contributed by atoms with E-state index >= 15 is 0 Å². The minimum atomic E-state index is -0.767. The number of nitrogens with zero attached hydrogens (tertiary/aromatic N) is 1. The van der Waals surface area contributed by atoms with Gasteiger partial charge in [0.05, 0.1) is 0 Å². The smallest absolute Gasteiger partial charge is 0.128 e. The highest BCUT2D eigenvalue weighted by molar-refractivity contribution is 5.14. The molecule has 1 radical (unpaired) electrons. The number of alkyl halides is 1. The van der Waals surface area contributed by atoms with E-state index in [2.05, 4.69) is 36.2 Å². The number of benzene rings is 1. The lowest BCUT2D eigenvalue weighted by atomic mass is 10.0. The van der Waals surface area contributed by atoms with E-state index in [1.54, 1.807) is 0 Å². The van der Waals surface area contributed by atoms with Crippen LogP contribution in [0.5, 0.6) is 0 Å². The molecule has 19 heavy (non-hydrogen) atoms. The first-order chi connectivity index (χ1) is 9.15. The van der Waals surface area contributed by atoms with Gasteiger partial charge in [-0.25, -0.2) is 4.39 Å². The van der Waals surface area contributed by atoms with Gasteiger partial charge >= 0.3 is 0 Å². The third-order valence-electron chi connectivity index (χ3n) is 3.58. The Hall–Kier alpha value is -0.930. The number of hydrogen-bond acceptors (Lipinski definition) is 2. The standard InChI is InChI=1S/C16H24FN2/c1-13(2)11-19-9-8-16(15(17)12-19)18-10-14-6-4-3-5-7-14/h3-7,15-16,18H,8-12H2,1-2H3. The van der Waals surface area contributed by atoms with E-state index in [1.165, 1.54) is 11.5 Å². The van der Waals surface area contributed by atoms with Crippen molar-refractivity contribution in [3.63, 3.8) is 0 Å². The third-order valence-corrected chi connectivity index (χ3v) is 3.58. The molecule has 2 rings (SSSR count). The highest BCUT2D eigenvalue weighted by Gasteiger charge is 2.28. The molecule has 0 amide bonds. The number of hydrogen-bond donors (Lipinski definition) is 1. The lowest BCUT2D eigenvalue weighted by Crippen LogP contribution is -2.51. The molecule has 1 aliphatic rings. The van der Waals surface area contributed by atoms with Crippen molar-refractivity contribution in [3.8, 4) is 0 Å². The first-order valence-electron chi connectivity index (χ1n) is 7.08. The average molecular weight is 263 g/mol. The fourth-order valence-corrected chi connectivity index (χ4v) is 2.63. The van der Waals surface area contributed by atoms with Crippen LogP contribution >= 0.6 is 0 Å². The number of rotatable bonds is 5. The maximum absolute atomic E-state index is 14.1. The zero-order chi connectivity index (χ0) is 13.7. The summed E-state index contributed by atoms with van der Waals surface area (Å²) < 4.78 is 14.1. The Balaban J connectivity index is 1.77. The molecule has 1 fully saturated rings. The Labute approximate surface area is 116 Å². The summed E-state index contributed by atoms with van der Waals surface area (Å²) in [4.78, 5) is 2.21. The Morgan fingerprint density at radius 3 is 2.68 bits per heavy atom. The second-order valence-electron chi connectivity index (χ2n) is 5.72. The zero-order valence-corrected chi connectivity index (χ0v) is 11.9. The van der Waals surface area contributed by atoms with Crippen LogP contribution in [0.4, 0.5) is 4.39 Å². The highest BCUT2D eigenvalue weighted by Crippen LogP contribution is 2.16. The molecule has 1 aliphatic heterocycles. The summed E-state index contributed by atoms with van der Waals surface area (Å²) >= 11 is 0. The summed E-state index contributed by atoms with van der Waals surface area (Å²) in [6, 6.07) is 10.2. The molecular formula is C16H24FN2. The summed E-state index contributed by atoms with van der Waals surface area (Å²) in [6.07, 6.45) is 0.123. The van der Waals surface area contributed by atoms with Crippen LogP contribution in [0.15, 0.2) is 30.3 Å².